The van der Waals surface area contributed by atoms with Crippen molar-refractivity contribution in [3.8, 4) is 0 Å². The van der Waals surface area contributed by atoms with Gasteiger partial charge in [-0.2, -0.15) is 13.2 Å². The lowest BCUT2D eigenvalue weighted by Crippen LogP contribution is -2.05. The Balaban J connectivity index is 2.01. The van der Waals surface area contributed by atoms with Gasteiger partial charge in [0.15, 0.2) is 0 Å². The van der Waals surface area contributed by atoms with Crippen molar-refractivity contribution in [2.75, 3.05) is 5.32 Å². The van der Waals surface area contributed by atoms with Gasteiger partial charge in [0.05, 0.1) is 17.4 Å². The van der Waals surface area contributed by atoms with Gasteiger partial charge in [-0.05, 0) is 39.7 Å². The smallest absolute Gasteiger partial charge is 0.380 e. The van der Waals surface area contributed by atoms with Gasteiger partial charge in [-0.25, -0.2) is 0 Å². The maximum Gasteiger partial charge on any atom is 0.416 e. The SMILES string of the molecule is FC(F)(F)c1ccc(CNc2cncc(Br)c2)cc1. The molecule has 0 aliphatic carbocycles. The summed E-state index contributed by atoms with van der Waals surface area (Å²) in [7, 11) is 0. The fraction of sp³-hybridized carbons (Fsp3) is 0.154. The van der Waals surface area contributed by atoms with Crippen molar-refractivity contribution in [1.29, 1.82) is 0 Å². The van der Waals surface area contributed by atoms with E-state index in [1.54, 1.807) is 12.4 Å². The van der Waals surface area contributed by atoms with Crippen LogP contribution in [0.1, 0.15) is 11.1 Å². The zero-order valence-corrected chi connectivity index (χ0v) is 11.3. The van der Waals surface area contributed by atoms with E-state index in [0.29, 0.717) is 6.54 Å². The van der Waals surface area contributed by atoms with Crippen LogP contribution < -0.4 is 5.32 Å². The molecule has 0 bridgehead atoms. The minimum Gasteiger partial charge on any atom is -0.380 e. The summed E-state index contributed by atoms with van der Waals surface area (Å²) in [5, 5.41) is 3.09. The summed E-state index contributed by atoms with van der Waals surface area (Å²) in [6, 6.07) is 6.92. The fourth-order valence-electron chi connectivity index (χ4n) is 1.52. The third-order valence-corrected chi connectivity index (χ3v) is 2.92. The summed E-state index contributed by atoms with van der Waals surface area (Å²) in [6.45, 7) is 0.441. The molecule has 2 aromatic rings. The molecule has 2 nitrogen and oxygen atoms in total. The molecule has 0 unspecified atom stereocenters. The van der Waals surface area contributed by atoms with E-state index < -0.39 is 11.7 Å². The number of rotatable bonds is 3. The average molecular weight is 331 g/mol. The standard InChI is InChI=1S/C13H10BrF3N2/c14-11-5-12(8-18-7-11)19-6-9-1-3-10(4-2-9)13(15,16)17/h1-5,7-8,19H,6H2. The van der Waals surface area contributed by atoms with Gasteiger partial charge >= 0.3 is 6.18 Å². The van der Waals surface area contributed by atoms with E-state index in [0.717, 1.165) is 27.9 Å². The van der Waals surface area contributed by atoms with Gasteiger partial charge in [0.25, 0.3) is 0 Å². The van der Waals surface area contributed by atoms with Crippen molar-refractivity contribution in [2.24, 2.45) is 0 Å². The first-order valence-electron chi connectivity index (χ1n) is 5.46. The lowest BCUT2D eigenvalue weighted by atomic mass is 10.1. The van der Waals surface area contributed by atoms with Crippen LogP contribution in [0.25, 0.3) is 0 Å². The van der Waals surface area contributed by atoms with Crippen LogP contribution in [-0.4, -0.2) is 4.98 Å². The van der Waals surface area contributed by atoms with E-state index in [2.05, 4.69) is 26.2 Å². The quantitative estimate of drug-likeness (QED) is 0.897. The molecule has 0 spiro atoms. The zero-order chi connectivity index (χ0) is 13.9. The number of anilines is 1. The summed E-state index contributed by atoms with van der Waals surface area (Å²) in [4.78, 5) is 3.98. The zero-order valence-electron chi connectivity index (χ0n) is 9.71. The van der Waals surface area contributed by atoms with Gasteiger partial charge in [-0.15, -0.1) is 0 Å². The number of aromatic nitrogens is 1. The number of nitrogens with one attached hydrogen (secondary N) is 1. The van der Waals surface area contributed by atoms with Crippen molar-refractivity contribution in [3.63, 3.8) is 0 Å². The van der Waals surface area contributed by atoms with Crippen LogP contribution in [-0.2, 0) is 12.7 Å². The number of alkyl halides is 3. The molecule has 1 heterocycles. The fourth-order valence-corrected chi connectivity index (χ4v) is 1.89. The largest absolute Gasteiger partial charge is 0.416 e. The molecule has 1 aromatic carbocycles. The highest BCUT2D eigenvalue weighted by Gasteiger charge is 2.29. The molecular formula is C13H10BrF3N2. The maximum absolute atomic E-state index is 12.4. The van der Waals surface area contributed by atoms with Gasteiger partial charge in [0.1, 0.15) is 0 Å². The Morgan fingerprint density at radius 1 is 1.11 bits per heavy atom. The summed E-state index contributed by atoms with van der Waals surface area (Å²) in [6.07, 6.45) is -0.988. The molecule has 1 aromatic heterocycles. The molecule has 0 saturated carbocycles. The normalized spacial score (nSPS) is 11.4. The van der Waals surface area contributed by atoms with Crippen LogP contribution in [0.15, 0.2) is 47.2 Å². The van der Waals surface area contributed by atoms with E-state index in [1.807, 2.05) is 6.07 Å². The summed E-state index contributed by atoms with van der Waals surface area (Å²) >= 11 is 3.29. The Morgan fingerprint density at radius 3 is 2.37 bits per heavy atom. The first kappa shape index (κ1) is 13.9. The highest BCUT2D eigenvalue weighted by molar-refractivity contribution is 9.10. The third kappa shape index (κ3) is 3.96. The molecule has 0 aliphatic rings. The lowest BCUT2D eigenvalue weighted by Gasteiger charge is -2.09. The Hall–Kier alpha value is -1.56. The van der Waals surface area contributed by atoms with Crippen LogP contribution in [0.5, 0.6) is 0 Å². The van der Waals surface area contributed by atoms with E-state index in [4.69, 9.17) is 0 Å². The Kier molecular flexibility index (Phi) is 4.09. The number of nitrogens with zero attached hydrogens (tertiary/aromatic N) is 1. The van der Waals surface area contributed by atoms with Gasteiger partial charge in [-0.3, -0.25) is 4.98 Å². The van der Waals surface area contributed by atoms with E-state index in [-0.39, 0.29) is 0 Å². The van der Waals surface area contributed by atoms with Crippen molar-refractivity contribution >= 4 is 21.6 Å². The molecule has 19 heavy (non-hydrogen) atoms. The van der Waals surface area contributed by atoms with Crippen molar-refractivity contribution in [3.05, 3.63) is 58.3 Å². The van der Waals surface area contributed by atoms with E-state index in [9.17, 15) is 13.2 Å². The first-order chi connectivity index (χ1) is 8.95. The van der Waals surface area contributed by atoms with Crippen molar-refractivity contribution in [2.45, 2.75) is 12.7 Å². The molecule has 0 saturated heterocycles. The lowest BCUT2D eigenvalue weighted by molar-refractivity contribution is -0.137. The van der Waals surface area contributed by atoms with Crippen molar-refractivity contribution < 1.29 is 13.2 Å². The maximum atomic E-state index is 12.4. The highest BCUT2D eigenvalue weighted by atomic mass is 79.9. The van der Waals surface area contributed by atoms with Crippen LogP contribution in [0, 0.1) is 0 Å². The van der Waals surface area contributed by atoms with E-state index >= 15 is 0 Å². The minimum absolute atomic E-state index is 0.441. The minimum atomic E-state index is -4.29. The summed E-state index contributed by atoms with van der Waals surface area (Å²) in [5.41, 5.74) is 0.933. The molecule has 0 radical (unpaired) electrons. The highest BCUT2D eigenvalue weighted by Crippen LogP contribution is 2.29. The average Bonchev–Trinajstić information content (AvgIpc) is 2.36. The molecule has 0 atom stereocenters. The third-order valence-electron chi connectivity index (χ3n) is 2.48. The first-order valence-corrected chi connectivity index (χ1v) is 6.25. The molecule has 0 fully saturated rings. The molecule has 0 amide bonds. The Labute approximate surface area is 116 Å². The van der Waals surface area contributed by atoms with Crippen molar-refractivity contribution in [1.82, 2.24) is 4.98 Å². The second-order valence-corrected chi connectivity index (χ2v) is 4.86. The van der Waals surface area contributed by atoms with Gasteiger partial charge in [0.2, 0.25) is 0 Å². The number of pyridine rings is 1. The predicted octanol–water partition coefficient (Wildman–Crippen LogP) is 4.48. The number of halogens is 4. The Bertz CT molecular complexity index is 553. The van der Waals surface area contributed by atoms with Crippen LogP contribution >= 0.6 is 15.9 Å². The summed E-state index contributed by atoms with van der Waals surface area (Å²) < 4.78 is 38.0. The molecule has 1 N–H and O–H groups in total. The predicted molar refractivity (Wildman–Crippen MR) is 70.7 cm³/mol. The monoisotopic (exact) mass is 330 g/mol. The van der Waals surface area contributed by atoms with Crippen LogP contribution in [0.2, 0.25) is 0 Å². The molecular weight excluding hydrogens is 321 g/mol. The Morgan fingerprint density at radius 2 is 1.79 bits per heavy atom. The van der Waals surface area contributed by atoms with Crippen LogP contribution in [0.4, 0.5) is 18.9 Å². The number of benzene rings is 1. The second kappa shape index (κ2) is 5.61. The topological polar surface area (TPSA) is 24.9 Å². The molecule has 6 heteroatoms. The van der Waals surface area contributed by atoms with Gasteiger partial charge < -0.3 is 5.32 Å². The number of hydrogen-bond donors (Lipinski definition) is 1. The summed E-state index contributed by atoms with van der Waals surface area (Å²) in [5.74, 6) is 0. The number of hydrogen-bond acceptors (Lipinski definition) is 2. The molecule has 2 rings (SSSR count). The van der Waals surface area contributed by atoms with Gasteiger partial charge in [-0.1, -0.05) is 12.1 Å². The van der Waals surface area contributed by atoms with E-state index in [1.165, 1.54) is 12.1 Å². The molecule has 0 aliphatic heterocycles. The van der Waals surface area contributed by atoms with Crippen LogP contribution in [0.3, 0.4) is 0 Å². The van der Waals surface area contributed by atoms with Gasteiger partial charge in [0, 0.05) is 17.2 Å². The second-order valence-electron chi connectivity index (χ2n) is 3.94. The molecule has 100 valence electrons.